The second-order valence-corrected chi connectivity index (χ2v) is 4.03. The van der Waals surface area contributed by atoms with Gasteiger partial charge >= 0.3 is 11.8 Å². The fourth-order valence-corrected chi connectivity index (χ4v) is 1.93. The highest BCUT2D eigenvalue weighted by atomic mass is 16.2. The van der Waals surface area contributed by atoms with Crippen molar-refractivity contribution < 1.29 is 14.4 Å². The molecule has 1 aliphatic rings. The highest BCUT2D eigenvalue weighted by molar-refractivity contribution is 6.35. The van der Waals surface area contributed by atoms with E-state index in [0.717, 1.165) is 0 Å². The first-order valence-electron chi connectivity index (χ1n) is 5.04. The Bertz CT molecular complexity index is 288. The van der Waals surface area contributed by atoms with Gasteiger partial charge in [-0.1, -0.05) is 0 Å². The second kappa shape index (κ2) is 4.42. The number of hydrogen-bond donors (Lipinski definition) is 0. The second-order valence-electron chi connectivity index (χ2n) is 4.03. The van der Waals surface area contributed by atoms with E-state index in [2.05, 4.69) is 0 Å². The van der Waals surface area contributed by atoms with Crippen LogP contribution < -0.4 is 0 Å². The molecule has 2 amide bonds. The molecule has 0 aromatic carbocycles. The van der Waals surface area contributed by atoms with Gasteiger partial charge in [0, 0.05) is 18.6 Å². The van der Waals surface area contributed by atoms with Gasteiger partial charge in [0.15, 0.2) is 0 Å². The number of aldehydes is 1. The first kappa shape index (κ1) is 11.7. The summed E-state index contributed by atoms with van der Waals surface area (Å²) in [4.78, 5) is 36.4. The molecule has 0 aromatic rings. The molecule has 0 aromatic heterocycles. The molecule has 1 unspecified atom stereocenters. The molecule has 1 fully saturated rings. The van der Waals surface area contributed by atoms with Crippen LogP contribution in [-0.4, -0.2) is 53.1 Å². The van der Waals surface area contributed by atoms with Crippen LogP contribution in [0, 0.1) is 0 Å². The summed E-state index contributed by atoms with van der Waals surface area (Å²) in [7, 11) is 0. The minimum absolute atomic E-state index is 0.000842. The number of piperazine rings is 1. The number of carbonyl (C=O) groups excluding carboxylic acids is 3. The molecule has 0 radical (unpaired) electrons. The summed E-state index contributed by atoms with van der Waals surface area (Å²) >= 11 is 0. The van der Waals surface area contributed by atoms with E-state index in [-0.39, 0.29) is 18.6 Å². The number of amides is 2. The third-order valence-electron chi connectivity index (χ3n) is 2.52. The van der Waals surface area contributed by atoms with Crippen molar-refractivity contribution in [2.75, 3.05) is 13.1 Å². The van der Waals surface area contributed by atoms with Crippen LogP contribution in [0.4, 0.5) is 0 Å². The van der Waals surface area contributed by atoms with E-state index in [1.165, 1.54) is 4.90 Å². The Morgan fingerprint density at radius 2 is 2.00 bits per heavy atom. The minimum atomic E-state index is -0.575. The van der Waals surface area contributed by atoms with Gasteiger partial charge in [-0.3, -0.25) is 9.59 Å². The Kier molecular flexibility index (Phi) is 3.44. The molecule has 0 N–H and O–H groups in total. The first-order valence-corrected chi connectivity index (χ1v) is 5.04. The van der Waals surface area contributed by atoms with Crippen molar-refractivity contribution >= 4 is 18.1 Å². The molecule has 5 nitrogen and oxygen atoms in total. The summed E-state index contributed by atoms with van der Waals surface area (Å²) < 4.78 is 0. The van der Waals surface area contributed by atoms with Crippen LogP contribution in [0.5, 0.6) is 0 Å². The van der Waals surface area contributed by atoms with Gasteiger partial charge in [-0.15, -0.1) is 0 Å². The van der Waals surface area contributed by atoms with Crippen molar-refractivity contribution in [2.45, 2.75) is 32.9 Å². The lowest BCUT2D eigenvalue weighted by atomic mass is 10.1. The van der Waals surface area contributed by atoms with E-state index in [0.29, 0.717) is 12.8 Å². The van der Waals surface area contributed by atoms with Crippen LogP contribution in [0.15, 0.2) is 0 Å². The van der Waals surface area contributed by atoms with Gasteiger partial charge in [0.2, 0.25) is 0 Å². The standard InChI is InChI=1S/C10H16N2O3/c1-7(2)12-8(3)6-11(4-5-13)9(14)10(12)15/h5,7-8H,4,6H2,1-3H3. The van der Waals surface area contributed by atoms with Crippen LogP contribution in [0.3, 0.4) is 0 Å². The molecule has 5 heteroatoms. The van der Waals surface area contributed by atoms with Crippen molar-refractivity contribution in [1.82, 2.24) is 9.80 Å². The molecule has 0 aliphatic carbocycles. The molecule has 1 atom stereocenters. The highest BCUT2D eigenvalue weighted by Gasteiger charge is 2.37. The van der Waals surface area contributed by atoms with Gasteiger partial charge in [0.25, 0.3) is 0 Å². The maximum atomic E-state index is 11.7. The molecular weight excluding hydrogens is 196 g/mol. The summed E-state index contributed by atoms with van der Waals surface area (Å²) in [5.41, 5.74) is 0. The van der Waals surface area contributed by atoms with Gasteiger partial charge in [-0.05, 0) is 20.8 Å². The summed E-state index contributed by atoms with van der Waals surface area (Å²) in [6.07, 6.45) is 0.642. The van der Waals surface area contributed by atoms with Crippen molar-refractivity contribution in [2.24, 2.45) is 0 Å². The summed E-state index contributed by atoms with van der Waals surface area (Å²) in [6.45, 7) is 6.05. The number of hydrogen-bond acceptors (Lipinski definition) is 3. The van der Waals surface area contributed by atoms with Gasteiger partial charge in [-0.25, -0.2) is 0 Å². The fraction of sp³-hybridized carbons (Fsp3) is 0.700. The van der Waals surface area contributed by atoms with Crippen LogP contribution in [0.2, 0.25) is 0 Å². The van der Waals surface area contributed by atoms with E-state index in [1.54, 1.807) is 4.90 Å². The predicted octanol–water partition coefficient (Wildman–Crippen LogP) is -0.347. The third-order valence-corrected chi connectivity index (χ3v) is 2.52. The van der Waals surface area contributed by atoms with E-state index >= 15 is 0 Å². The highest BCUT2D eigenvalue weighted by Crippen LogP contribution is 2.14. The molecule has 84 valence electrons. The quantitative estimate of drug-likeness (QED) is 0.475. The molecule has 1 heterocycles. The first-order chi connectivity index (χ1) is 6.99. The number of carbonyl (C=O) groups is 3. The van der Waals surface area contributed by atoms with E-state index < -0.39 is 11.8 Å². The lowest BCUT2D eigenvalue weighted by molar-refractivity contribution is -0.160. The molecule has 1 rings (SSSR count). The molecular formula is C10H16N2O3. The van der Waals surface area contributed by atoms with Crippen molar-refractivity contribution in [3.05, 3.63) is 0 Å². The lowest BCUT2D eigenvalue weighted by Gasteiger charge is -2.40. The molecule has 1 saturated heterocycles. The average molecular weight is 212 g/mol. The zero-order valence-electron chi connectivity index (χ0n) is 9.27. The Labute approximate surface area is 89.0 Å². The van der Waals surface area contributed by atoms with E-state index in [9.17, 15) is 14.4 Å². The minimum Gasteiger partial charge on any atom is -0.328 e. The van der Waals surface area contributed by atoms with Crippen LogP contribution >= 0.6 is 0 Å². The van der Waals surface area contributed by atoms with Gasteiger partial charge in [0.05, 0.1) is 6.54 Å². The normalized spacial score (nSPS) is 22.5. The fourth-order valence-electron chi connectivity index (χ4n) is 1.93. The summed E-state index contributed by atoms with van der Waals surface area (Å²) in [6, 6.07) is -0.0232. The average Bonchev–Trinajstić information content (AvgIpc) is 2.13. The Morgan fingerprint density at radius 3 is 2.47 bits per heavy atom. The molecule has 0 bridgehead atoms. The number of nitrogens with zero attached hydrogens (tertiary/aromatic N) is 2. The Hall–Kier alpha value is -1.39. The van der Waals surface area contributed by atoms with Crippen LogP contribution in [0.25, 0.3) is 0 Å². The lowest BCUT2D eigenvalue weighted by Crippen LogP contribution is -2.60. The van der Waals surface area contributed by atoms with Gasteiger partial charge in [-0.2, -0.15) is 0 Å². The van der Waals surface area contributed by atoms with Crippen LogP contribution in [0.1, 0.15) is 20.8 Å². The Morgan fingerprint density at radius 1 is 1.40 bits per heavy atom. The van der Waals surface area contributed by atoms with Crippen molar-refractivity contribution in [1.29, 1.82) is 0 Å². The SMILES string of the molecule is CC(C)N1C(=O)C(=O)N(CC=O)CC1C. The summed E-state index contributed by atoms with van der Waals surface area (Å²) in [5.74, 6) is -1.08. The van der Waals surface area contributed by atoms with Gasteiger partial charge in [0.1, 0.15) is 6.29 Å². The molecule has 0 spiro atoms. The Balaban J connectivity index is 2.84. The predicted molar refractivity (Wildman–Crippen MR) is 54.1 cm³/mol. The van der Waals surface area contributed by atoms with Crippen LogP contribution in [-0.2, 0) is 14.4 Å². The zero-order chi connectivity index (χ0) is 11.6. The molecule has 1 aliphatic heterocycles. The van der Waals surface area contributed by atoms with Gasteiger partial charge < -0.3 is 14.6 Å². The molecule has 0 saturated carbocycles. The maximum absolute atomic E-state index is 11.7. The smallest absolute Gasteiger partial charge is 0.312 e. The van der Waals surface area contributed by atoms with E-state index in [1.807, 2.05) is 20.8 Å². The summed E-state index contributed by atoms with van der Waals surface area (Å²) in [5, 5.41) is 0. The van der Waals surface area contributed by atoms with Crippen molar-refractivity contribution in [3.8, 4) is 0 Å². The zero-order valence-corrected chi connectivity index (χ0v) is 9.27. The number of rotatable bonds is 3. The maximum Gasteiger partial charge on any atom is 0.312 e. The third kappa shape index (κ3) is 2.16. The van der Waals surface area contributed by atoms with Crippen molar-refractivity contribution in [3.63, 3.8) is 0 Å². The van der Waals surface area contributed by atoms with E-state index in [4.69, 9.17) is 0 Å². The largest absolute Gasteiger partial charge is 0.328 e. The monoisotopic (exact) mass is 212 g/mol. The molecule has 15 heavy (non-hydrogen) atoms. The topological polar surface area (TPSA) is 57.7 Å².